The molecule has 3 aromatic carbocycles. The smallest absolute Gasteiger partial charge is 0.255 e. The van der Waals surface area contributed by atoms with Gasteiger partial charge in [-0.25, -0.2) is 0 Å². The molecule has 5 nitrogen and oxygen atoms in total. The molecule has 0 saturated carbocycles. The molecule has 1 aliphatic heterocycles. The third-order valence-corrected chi connectivity index (χ3v) is 6.57. The lowest BCUT2D eigenvalue weighted by Gasteiger charge is -2.25. The lowest BCUT2D eigenvalue weighted by Crippen LogP contribution is -2.27. The second-order valence-electron chi connectivity index (χ2n) is 7.73. The summed E-state index contributed by atoms with van der Waals surface area (Å²) in [5.74, 6) is 0.426. The predicted molar refractivity (Wildman–Crippen MR) is 129 cm³/mol. The van der Waals surface area contributed by atoms with Crippen molar-refractivity contribution >= 4 is 40.6 Å². The monoisotopic (exact) mass is 431 g/mol. The Balaban J connectivity index is 1.51. The van der Waals surface area contributed by atoms with Crippen LogP contribution >= 0.6 is 11.8 Å². The molecule has 0 aromatic heterocycles. The number of aryl methyl sites for hydroxylation is 1. The van der Waals surface area contributed by atoms with Crippen molar-refractivity contribution in [1.29, 1.82) is 0 Å². The molecule has 0 spiro atoms. The van der Waals surface area contributed by atoms with Gasteiger partial charge in [-0.3, -0.25) is 14.5 Å². The molecule has 0 aliphatic carbocycles. The van der Waals surface area contributed by atoms with Gasteiger partial charge in [0.15, 0.2) is 0 Å². The topological polar surface area (TPSA) is 52.7 Å². The Morgan fingerprint density at radius 1 is 1.00 bits per heavy atom. The van der Waals surface area contributed by atoms with Crippen LogP contribution in [0, 0.1) is 6.92 Å². The van der Waals surface area contributed by atoms with E-state index in [-0.39, 0.29) is 17.2 Å². The van der Waals surface area contributed by atoms with E-state index in [0.717, 1.165) is 28.2 Å². The number of carbonyl (C=O) groups is 2. The van der Waals surface area contributed by atoms with Crippen LogP contribution in [0.3, 0.4) is 0 Å². The fourth-order valence-electron chi connectivity index (χ4n) is 3.62. The van der Waals surface area contributed by atoms with Crippen molar-refractivity contribution < 1.29 is 9.59 Å². The molecule has 1 aliphatic rings. The maximum atomic E-state index is 12.6. The van der Waals surface area contributed by atoms with Crippen LogP contribution in [0.4, 0.5) is 17.1 Å². The van der Waals surface area contributed by atoms with Crippen molar-refractivity contribution in [1.82, 2.24) is 0 Å². The van der Waals surface area contributed by atoms with Crippen molar-refractivity contribution in [2.45, 2.75) is 12.3 Å². The number of carbonyl (C=O) groups excluding carboxylic acids is 2. The Labute approximate surface area is 187 Å². The highest BCUT2D eigenvalue weighted by Crippen LogP contribution is 2.42. The zero-order valence-electron chi connectivity index (χ0n) is 17.8. The van der Waals surface area contributed by atoms with Gasteiger partial charge in [-0.1, -0.05) is 30.3 Å². The average Bonchev–Trinajstić information content (AvgIpc) is 3.16. The number of nitrogens with one attached hydrogen (secondary N) is 1. The van der Waals surface area contributed by atoms with E-state index in [9.17, 15) is 9.59 Å². The van der Waals surface area contributed by atoms with Crippen LogP contribution in [0.2, 0.25) is 0 Å². The van der Waals surface area contributed by atoms with Gasteiger partial charge in [0.1, 0.15) is 5.37 Å². The largest absolute Gasteiger partial charge is 0.378 e. The Bertz CT molecular complexity index is 1090. The van der Waals surface area contributed by atoms with Gasteiger partial charge in [0.2, 0.25) is 5.91 Å². The Morgan fingerprint density at radius 3 is 2.32 bits per heavy atom. The molecule has 2 amide bonds. The SMILES string of the molecule is Cc1ccccc1C(=O)Nc1ccc([C@H]2SCC(=O)N2c2ccc(N(C)C)cc2)cc1. The van der Waals surface area contributed by atoms with Crippen molar-refractivity contribution in [3.8, 4) is 0 Å². The minimum Gasteiger partial charge on any atom is -0.378 e. The quantitative estimate of drug-likeness (QED) is 0.611. The molecule has 6 heteroatoms. The van der Waals surface area contributed by atoms with Gasteiger partial charge in [0.25, 0.3) is 5.91 Å². The zero-order valence-corrected chi connectivity index (χ0v) is 18.6. The summed E-state index contributed by atoms with van der Waals surface area (Å²) in [6.07, 6.45) is 0. The molecule has 4 rings (SSSR count). The van der Waals surface area contributed by atoms with Crippen molar-refractivity contribution in [3.05, 3.63) is 89.5 Å². The molecule has 31 heavy (non-hydrogen) atoms. The average molecular weight is 432 g/mol. The summed E-state index contributed by atoms with van der Waals surface area (Å²) in [6.45, 7) is 1.92. The van der Waals surface area contributed by atoms with Crippen LogP contribution in [0.5, 0.6) is 0 Å². The van der Waals surface area contributed by atoms with Gasteiger partial charge in [-0.05, 0) is 60.5 Å². The first-order valence-electron chi connectivity index (χ1n) is 10.1. The number of hydrogen-bond donors (Lipinski definition) is 1. The van der Waals surface area contributed by atoms with Gasteiger partial charge >= 0.3 is 0 Å². The van der Waals surface area contributed by atoms with E-state index in [1.54, 1.807) is 11.8 Å². The first-order chi connectivity index (χ1) is 14.9. The van der Waals surface area contributed by atoms with E-state index < -0.39 is 0 Å². The number of benzene rings is 3. The fourth-order valence-corrected chi connectivity index (χ4v) is 4.80. The molecule has 158 valence electrons. The molecule has 1 fully saturated rings. The van der Waals surface area contributed by atoms with Gasteiger partial charge in [0.05, 0.1) is 5.75 Å². The van der Waals surface area contributed by atoms with Crippen LogP contribution in [-0.2, 0) is 4.79 Å². The number of nitrogens with zero attached hydrogens (tertiary/aromatic N) is 2. The summed E-state index contributed by atoms with van der Waals surface area (Å²) in [7, 11) is 3.99. The van der Waals surface area contributed by atoms with Crippen LogP contribution in [0.25, 0.3) is 0 Å². The van der Waals surface area contributed by atoms with E-state index in [1.807, 2.05) is 104 Å². The molecule has 1 atom stereocenters. The lowest BCUT2D eigenvalue weighted by molar-refractivity contribution is -0.115. The Hall–Kier alpha value is -3.25. The number of hydrogen-bond acceptors (Lipinski definition) is 4. The summed E-state index contributed by atoms with van der Waals surface area (Å²) in [4.78, 5) is 29.1. The van der Waals surface area contributed by atoms with Gasteiger partial charge in [-0.2, -0.15) is 0 Å². The van der Waals surface area contributed by atoms with E-state index in [0.29, 0.717) is 11.3 Å². The molecule has 3 aromatic rings. The molecule has 1 heterocycles. The number of thioether (sulfide) groups is 1. The van der Waals surface area contributed by atoms with E-state index >= 15 is 0 Å². The second kappa shape index (κ2) is 8.86. The van der Waals surface area contributed by atoms with E-state index in [1.165, 1.54) is 0 Å². The highest BCUT2D eigenvalue weighted by molar-refractivity contribution is 8.00. The zero-order chi connectivity index (χ0) is 22.0. The van der Waals surface area contributed by atoms with Crippen LogP contribution < -0.4 is 15.1 Å². The third-order valence-electron chi connectivity index (χ3n) is 5.36. The molecule has 1 saturated heterocycles. The molecule has 0 unspecified atom stereocenters. The van der Waals surface area contributed by atoms with Gasteiger partial charge in [-0.15, -0.1) is 11.8 Å². The first kappa shape index (κ1) is 21.0. The van der Waals surface area contributed by atoms with Crippen molar-refractivity contribution in [2.24, 2.45) is 0 Å². The minimum absolute atomic E-state index is 0.0844. The summed E-state index contributed by atoms with van der Waals surface area (Å²) in [5.41, 5.74) is 5.34. The molecular formula is C25H25N3O2S. The van der Waals surface area contributed by atoms with Crippen molar-refractivity contribution in [3.63, 3.8) is 0 Å². The first-order valence-corrected chi connectivity index (χ1v) is 11.2. The molecule has 0 bridgehead atoms. The summed E-state index contributed by atoms with van der Waals surface area (Å²) in [6, 6.07) is 23.3. The standard InChI is InChI=1S/C25H25N3O2S/c1-17-6-4-5-7-22(17)24(30)26-19-10-8-18(9-11-19)25-28(23(29)16-31-25)21-14-12-20(13-15-21)27(2)3/h4-15,25H,16H2,1-3H3,(H,26,30)/t25-/m1/s1. The minimum atomic E-state index is -0.126. The summed E-state index contributed by atoms with van der Waals surface area (Å²) < 4.78 is 0. The highest BCUT2D eigenvalue weighted by Gasteiger charge is 2.34. The fraction of sp³-hybridized carbons (Fsp3) is 0.200. The lowest BCUT2D eigenvalue weighted by atomic mass is 10.1. The summed E-state index contributed by atoms with van der Waals surface area (Å²) >= 11 is 1.61. The molecular weight excluding hydrogens is 406 g/mol. The predicted octanol–water partition coefficient (Wildman–Crippen LogP) is 5.09. The number of anilines is 3. The van der Waals surface area contributed by atoms with Crippen LogP contribution in [0.15, 0.2) is 72.8 Å². The Kier molecular flexibility index (Phi) is 6.00. The maximum Gasteiger partial charge on any atom is 0.255 e. The van der Waals surface area contributed by atoms with Crippen LogP contribution in [0.1, 0.15) is 26.9 Å². The molecule has 0 radical (unpaired) electrons. The number of rotatable bonds is 5. The Morgan fingerprint density at radius 2 is 1.68 bits per heavy atom. The van der Waals surface area contributed by atoms with E-state index in [4.69, 9.17) is 0 Å². The number of amides is 2. The normalized spacial score (nSPS) is 15.8. The third kappa shape index (κ3) is 4.44. The van der Waals surface area contributed by atoms with Crippen molar-refractivity contribution in [2.75, 3.05) is 35.0 Å². The second-order valence-corrected chi connectivity index (χ2v) is 8.80. The maximum absolute atomic E-state index is 12.6. The molecule has 1 N–H and O–H groups in total. The highest BCUT2D eigenvalue weighted by atomic mass is 32.2. The van der Waals surface area contributed by atoms with Crippen LogP contribution in [-0.4, -0.2) is 31.7 Å². The summed E-state index contributed by atoms with van der Waals surface area (Å²) in [5, 5.41) is 2.87. The van der Waals surface area contributed by atoms with Gasteiger partial charge in [0, 0.05) is 36.7 Å². The van der Waals surface area contributed by atoms with Gasteiger partial charge < -0.3 is 10.2 Å². The van der Waals surface area contributed by atoms with E-state index in [2.05, 4.69) is 5.32 Å².